The van der Waals surface area contributed by atoms with Gasteiger partial charge in [-0.15, -0.1) is 0 Å². The molecule has 0 saturated heterocycles. The number of benzene rings is 1. The highest BCUT2D eigenvalue weighted by Gasteiger charge is 2.14. The average Bonchev–Trinajstić information content (AvgIpc) is 2.45. The van der Waals surface area contributed by atoms with Gasteiger partial charge in [-0.1, -0.05) is 6.07 Å². The van der Waals surface area contributed by atoms with Crippen molar-refractivity contribution >= 4 is 11.7 Å². The molecule has 1 unspecified atom stereocenters. The van der Waals surface area contributed by atoms with E-state index in [1.54, 1.807) is 6.92 Å². The number of carbonyl (C=O) groups is 1. The van der Waals surface area contributed by atoms with Crippen molar-refractivity contribution in [2.75, 3.05) is 31.7 Å². The first-order valence-corrected chi connectivity index (χ1v) is 6.68. The fourth-order valence-corrected chi connectivity index (χ4v) is 1.85. The average molecular weight is 265 g/mol. The summed E-state index contributed by atoms with van der Waals surface area (Å²) in [6, 6.07) is 7.92. The molecule has 0 bridgehead atoms. The van der Waals surface area contributed by atoms with Crippen molar-refractivity contribution in [2.24, 2.45) is 5.92 Å². The van der Waals surface area contributed by atoms with Gasteiger partial charge < -0.3 is 14.4 Å². The van der Waals surface area contributed by atoms with Gasteiger partial charge in [0.15, 0.2) is 0 Å². The van der Waals surface area contributed by atoms with Gasteiger partial charge in [-0.25, -0.2) is 0 Å². The van der Waals surface area contributed by atoms with Crippen LogP contribution in [0.25, 0.3) is 0 Å². The maximum absolute atomic E-state index is 11.3. The lowest BCUT2D eigenvalue weighted by molar-refractivity contribution is -0.145. The third-order valence-electron chi connectivity index (χ3n) is 3.05. The second-order valence-electron chi connectivity index (χ2n) is 4.40. The molecule has 1 atom stereocenters. The van der Waals surface area contributed by atoms with Gasteiger partial charge in [0, 0.05) is 24.8 Å². The van der Waals surface area contributed by atoms with Crippen LogP contribution in [0.4, 0.5) is 5.69 Å². The first-order valence-electron chi connectivity index (χ1n) is 6.68. The molecule has 0 saturated carbocycles. The minimum atomic E-state index is -0.262. The zero-order valence-corrected chi connectivity index (χ0v) is 12.2. The van der Waals surface area contributed by atoms with Crippen molar-refractivity contribution in [3.05, 3.63) is 24.3 Å². The van der Waals surface area contributed by atoms with Crippen molar-refractivity contribution in [1.29, 1.82) is 0 Å². The van der Waals surface area contributed by atoms with Gasteiger partial charge in [0.25, 0.3) is 0 Å². The summed E-state index contributed by atoms with van der Waals surface area (Å²) in [6.45, 7) is 8.28. The highest BCUT2D eigenvalue weighted by molar-refractivity contribution is 5.71. The summed E-state index contributed by atoms with van der Waals surface area (Å²) in [5.41, 5.74) is 1.13. The van der Waals surface area contributed by atoms with Crippen LogP contribution in [0.1, 0.15) is 20.8 Å². The third-order valence-corrected chi connectivity index (χ3v) is 3.05. The Hall–Kier alpha value is -1.71. The lowest BCUT2D eigenvalue weighted by Gasteiger charge is -2.21. The van der Waals surface area contributed by atoms with E-state index >= 15 is 0 Å². The summed E-state index contributed by atoms with van der Waals surface area (Å²) in [5.74, 6) is 0.266. The zero-order valence-electron chi connectivity index (χ0n) is 12.2. The van der Waals surface area contributed by atoms with E-state index < -0.39 is 0 Å². The Balaban J connectivity index is 2.64. The van der Waals surface area contributed by atoms with Crippen LogP contribution in [-0.2, 0) is 9.53 Å². The van der Waals surface area contributed by atoms with E-state index in [2.05, 4.69) is 29.6 Å². The Kier molecular flexibility index (Phi) is 6.19. The summed E-state index contributed by atoms with van der Waals surface area (Å²) >= 11 is 0. The van der Waals surface area contributed by atoms with E-state index in [9.17, 15) is 4.79 Å². The summed E-state index contributed by atoms with van der Waals surface area (Å²) in [4.78, 5) is 13.5. The Bertz CT molecular complexity index is 402. The predicted molar refractivity (Wildman–Crippen MR) is 76.7 cm³/mol. The fourth-order valence-electron chi connectivity index (χ4n) is 1.85. The summed E-state index contributed by atoms with van der Waals surface area (Å²) < 4.78 is 10.3. The van der Waals surface area contributed by atoms with Crippen LogP contribution in [-0.4, -0.2) is 32.8 Å². The van der Waals surface area contributed by atoms with Gasteiger partial charge in [-0.2, -0.15) is 0 Å². The maximum atomic E-state index is 11.3. The van der Waals surface area contributed by atoms with E-state index in [0.717, 1.165) is 24.5 Å². The third kappa shape index (κ3) is 4.47. The van der Waals surface area contributed by atoms with Crippen LogP contribution in [0.5, 0.6) is 5.75 Å². The number of esters is 1. The first kappa shape index (κ1) is 15.3. The number of anilines is 1. The van der Waals surface area contributed by atoms with Crippen LogP contribution >= 0.6 is 0 Å². The molecule has 0 radical (unpaired) electrons. The molecule has 19 heavy (non-hydrogen) atoms. The van der Waals surface area contributed by atoms with Crippen molar-refractivity contribution < 1.29 is 14.3 Å². The maximum Gasteiger partial charge on any atom is 0.311 e. The van der Waals surface area contributed by atoms with Crippen LogP contribution in [0, 0.1) is 5.92 Å². The molecule has 1 aromatic carbocycles. The highest BCUT2D eigenvalue weighted by atomic mass is 16.5. The number of rotatable bonds is 7. The summed E-state index contributed by atoms with van der Waals surface area (Å²) in [7, 11) is 1.39. The van der Waals surface area contributed by atoms with E-state index in [4.69, 9.17) is 4.74 Å². The van der Waals surface area contributed by atoms with Crippen molar-refractivity contribution in [2.45, 2.75) is 20.8 Å². The molecule has 0 aliphatic heterocycles. The Labute approximate surface area is 115 Å². The number of ether oxygens (including phenoxy) is 2. The lowest BCUT2D eigenvalue weighted by atomic mass is 10.2. The molecule has 0 aromatic heterocycles. The minimum Gasteiger partial charge on any atom is -0.493 e. The lowest BCUT2D eigenvalue weighted by Crippen LogP contribution is -2.22. The number of hydrogen-bond acceptors (Lipinski definition) is 4. The van der Waals surface area contributed by atoms with Gasteiger partial charge in [-0.3, -0.25) is 4.79 Å². The largest absolute Gasteiger partial charge is 0.493 e. The molecule has 0 spiro atoms. The van der Waals surface area contributed by atoms with E-state index in [1.807, 2.05) is 18.2 Å². The molecule has 0 aliphatic rings. The second kappa shape index (κ2) is 7.67. The van der Waals surface area contributed by atoms with Crippen LogP contribution in [0.3, 0.4) is 0 Å². The highest BCUT2D eigenvalue weighted by Crippen LogP contribution is 2.21. The van der Waals surface area contributed by atoms with E-state index in [-0.39, 0.29) is 11.9 Å². The minimum absolute atomic E-state index is 0.250. The van der Waals surface area contributed by atoms with Gasteiger partial charge >= 0.3 is 5.97 Å². The summed E-state index contributed by atoms with van der Waals surface area (Å²) in [5, 5.41) is 0. The molecule has 1 aromatic rings. The molecule has 1 rings (SSSR count). The molecule has 0 N–H and O–H groups in total. The second-order valence-corrected chi connectivity index (χ2v) is 4.40. The first-order chi connectivity index (χ1) is 9.12. The van der Waals surface area contributed by atoms with Gasteiger partial charge in [-0.05, 0) is 32.9 Å². The molecule has 0 heterocycles. The smallest absolute Gasteiger partial charge is 0.311 e. The number of methoxy groups -OCH3 is 1. The van der Waals surface area contributed by atoms with Crippen LogP contribution < -0.4 is 9.64 Å². The number of hydrogen-bond donors (Lipinski definition) is 0. The quantitative estimate of drug-likeness (QED) is 0.711. The molecule has 4 heteroatoms. The van der Waals surface area contributed by atoms with Crippen molar-refractivity contribution in [1.82, 2.24) is 0 Å². The summed E-state index contributed by atoms with van der Waals surface area (Å²) in [6.07, 6.45) is 0. The molecule has 106 valence electrons. The molecular formula is C15H23NO3. The molecule has 0 amide bonds. The van der Waals surface area contributed by atoms with Gasteiger partial charge in [0.1, 0.15) is 12.4 Å². The number of nitrogens with zero attached hydrogens (tertiary/aromatic N) is 1. The van der Waals surface area contributed by atoms with E-state index in [1.165, 1.54) is 7.11 Å². The molecular weight excluding hydrogens is 242 g/mol. The van der Waals surface area contributed by atoms with Crippen LogP contribution in [0.2, 0.25) is 0 Å². The molecule has 4 nitrogen and oxygen atoms in total. The monoisotopic (exact) mass is 265 g/mol. The standard InChI is InChI=1S/C15H23NO3/c1-5-16(6-2)13-8-7-9-14(10-13)19-11-12(3)15(17)18-4/h7-10,12H,5-6,11H2,1-4H3. The van der Waals surface area contributed by atoms with Gasteiger partial charge in [0.2, 0.25) is 0 Å². The predicted octanol–water partition coefficient (Wildman–Crippen LogP) is 2.72. The van der Waals surface area contributed by atoms with Crippen molar-refractivity contribution in [3.63, 3.8) is 0 Å². The molecule has 0 fully saturated rings. The van der Waals surface area contributed by atoms with Gasteiger partial charge in [0.05, 0.1) is 13.0 Å². The van der Waals surface area contributed by atoms with Crippen LogP contribution in [0.15, 0.2) is 24.3 Å². The topological polar surface area (TPSA) is 38.8 Å². The Morgan fingerprint density at radius 3 is 2.58 bits per heavy atom. The molecule has 0 aliphatic carbocycles. The fraction of sp³-hybridized carbons (Fsp3) is 0.533. The zero-order chi connectivity index (χ0) is 14.3. The normalized spacial score (nSPS) is 11.8. The van der Waals surface area contributed by atoms with Crippen molar-refractivity contribution in [3.8, 4) is 5.75 Å². The Morgan fingerprint density at radius 2 is 2.00 bits per heavy atom. The number of carbonyl (C=O) groups excluding carboxylic acids is 1. The van der Waals surface area contributed by atoms with E-state index in [0.29, 0.717) is 6.61 Å². The Morgan fingerprint density at radius 1 is 1.32 bits per heavy atom. The SMILES string of the molecule is CCN(CC)c1cccc(OCC(C)C(=O)OC)c1.